The monoisotopic (exact) mass is 386 g/mol. The number of benzene rings is 1. The van der Waals surface area contributed by atoms with E-state index < -0.39 is 22.1 Å². The lowest BCUT2D eigenvalue weighted by molar-refractivity contribution is -0.385. The van der Waals surface area contributed by atoms with Gasteiger partial charge in [-0.2, -0.15) is 0 Å². The average molecular weight is 386 g/mol. The van der Waals surface area contributed by atoms with Crippen molar-refractivity contribution in [3.8, 4) is 11.6 Å². The maximum absolute atomic E-state index is 11.0. The second-order valence-corrected chi connectivity index (χ2v) is 4.80. The highest BCUT2D eigenvalue weighted by molar-refractivity contribution is 14.1. The second kappa shape index (κ2) is 5.82. The highest BCUT2D eigenvalue weighted by atomic mass is 127. The Morgan fingerprint density at radius 1 is 1.40 bits per heavy atom. The lowest BCUT2D eigenvalue weighted by Crippen LogP contribution is -2.04. The molecule has 1 N–H and O–H groups in total. The van der Waals surface area contributed by atoms with Crippen molar-refractivity contribution >= 4 is 34.2 Å². The summed E-state index contributed by atoms with van der Waals surface area (Å²) in [6.45, 7) is 0. The topological polar surface area (TPSA) is 103 Å². The fourth-order valence-electron chi connectivity index (χ4n) is 1.44. The number of para-hydroxylation sites is 1. The third kappa shape index (κ3) is 3.02. The van der Waals surface area contributed by atoms with Crippen LogP contribution in [0.25, 0.3) is 0 Å². The van der Waals surface area contributed by atoms with Crippen LogP contribution in [-0.2, 0) is 0 Å². The Morgan fingerprint density at radius 2 is 2.10 bits per heavy atom. The molecule has 1 heterocycles. The van der Waals surface area contributed by atoms with Gasteiger partial charge >= 0.3 is 11.7 Å². The fraction of sp³-hybridized carbons (Fsp3) is 0. The van der Waals surface area contributed by atoms with E-state index in [1.807, 2.05) is 28.7 Å². The molecule has 0 fully saturated rings. The number of carboxylic acid groups (broad SMARTS) is 1. The molecule has 2 aromatic rings. The minimum Gasteiger partial charge on any atom is -0.477 e. The number of pyridine rings is 1. The first-order valence-corrected chi connectivity index (χ1v) is 6.37. The smallest absolute Gasteiger partial charge is 0.342 e. The molecule has 2 rings (SSSR count). The maximum Gasteiger partial charge on any atom is 0.342 e. The van der Waals surface area contributed by atoms with Gasteiger partial charge in [0.2, 0.25) is 5.88 Å². The number of nitrogens with zero attached hydrogens (tertiary/aromatic N) is 2. The zero-order valence-electron chi connectivity index (χ0n) is 9.82. The molecule has 0 saturated carbocycles. The van der Waals surface area contributed by atoms with E-state index in [0.29, 0.717) is 5.75 Å². The Labute approximate surface area is 126 Å². The van der Waals surface area contributed by atoms with Crippen molar-refractivity contribution in [3.05, 3.63) is 55.8 Å². The summed E-state index contributed by atoms with van der Waals surface area (Å²) in [6, 6.07) is 8.09. The summed E-state index contributed by atoms with van der Waals surface area (Å²) in [5.74, 6) is -0.936. The molecule has 8 heteroatoms. The summed E-state index contributed by atoms with van der Waals surface area (Å²) in [7, 11) is 0. The van der Waals surface area contributed by atoms with E-state index in [0.717, 1.165) is 15.8 Å². The van der Waals surface area contributed by atoms with Crippen molar-refractivity contribution in [2.45, 2.75) is 0 Å². The zero-order chi connectivity index (χ0) is 14.7. The van der Waals surface area contributed by atoms with Gasteiger partial charge in [0.1, 0.15) is 17.5 Å². The molecule has 0 atom stereocenters. The standard InChI is InChI=1S/C12H7IN2O5/c13-8-3-1-2-4-10(8)20-11-5-7(12(16)17)9(6-14-11)15(18)19/h1-6H,(H,16,17). The normalized spacial score (nSPS) is 10.1. The molecule has 0 spiro atoms. The molecule has 1 aromatic carbocycles. The van der Waals surface area contributed by atoms with Crippen molar-refractivity contribution < 1.29 is 19.6 Å². The molecule has 0 aliphatic heterocycles. The van der Waals surface area contributed by atoms with Crippen LogP contribution in [0.5, 0.6) is 11.6 Å². The summed E-state index contributed by atoms with van der Waals surface area (Å²) in [6.07, 6.45) is 0.870. The third-order valence-corrected chi connectivity index (χ3v) is 3.23. The Kier molecular flexibility index (Phi) is 4.13. The van der Waals surface area contributed by atoms with Gasteiger partial charge in [-0.3, -0.25) is 10.1 Å². The van der Waals surface area contributed by atoms with Crippen LogP contribution in [0.3, 0.4) is 0 Å². The summed E-state index contributed by atoms with van der Waals surface area (Å²) in [5.41, 5.74) is -1.04. The van der Waals surface area contributed by atoms with Gasteiger partial charge < -0.3 is 9.84 Å². The Bertz CT molecular complexity index is 689. The van der Waals surface area contributed by atoms with Crippen LogP contribution in [0.2, 0.25) is 0 Å². The molecule has 0 saturated heterocycles. The van der Waals surface area contributed by atoms with Gasteiger partial charge in [0.15, 0.2) is 0 Å². The summed E-state index contributed by atoms with van der Waals surface area (Å²) in [5, 5.41) is 19.7. The molecular formula is C12H7IN2O5. The number of carbonyl (C=O) groups is 1. The van der Waals surface area contributed by atoms with Crippen LogP contribution in [0.1, 0.15) is 10.4 Å². The number of carboxylic acids is 1. The highest BCUT2D eigenvalue weighted by Crippen LogP contribution is 2.28. The number of aromatic carboxylic acids is 1. The Morgan fingerprint density at radius 3 is 2.70 bits per heavy atom. The fourth-order valence-corrected chi connectivity index (χ4v) is 1.94. The highest BCUT2D eigenvalue weighted by Gasteiger charge is 2.21. The van der Waals surface area contributed by atoms with Gasteiger partial charge in [-0.1, -0.05) is 12.1 Å². The quantitative estimate of drug-likeness (QED) is 0.492. The van der Waals surface area contributed by atoms with Crippen LogP contribution in [0, 0.1) is 13.7 Å². The number of hydrogen-bond donors (Lipinski definition) is 1. The van der Waals surface area contributed by atoms with Gasteiger partial charge in [0.05, 0.1) is 8.49 Å². The molecular weight excluding hydrogens is 379 g/mol. The van der Waals surface area contributed by atoms with Crippen molar-refractivity contribution in [1.29, 1.82) is 0 Å². The number of halogens is 1. The third-order valence-electron chi connectivity index (χ3n) is 2.34. The predicted molar refractivity (Wildman–Crippen MR) is 77.1 cm³/mol. The van der Waals surface area contributed by atoms with E-state index in [1.165, 1.54) is 0 Å². The molecule has 1 aromatic heterocycles. The van der Waals surface area contributed by atoms with E-state index in [9.17, 15) is 14.9 Å². The first-order chi connectivity index (χ1) is 9.49. The average Bonchev–Trinajstić information content (AvgIpc) is 2.41. The first-order valence-electron chi connectivity index (χ1n) is 5.29. The van der Waals surface area contributed by atoms with Crippen LogP contribution < -0.4 is 4.74 Å². The largest absolute Gasteiger partial charge is 0.477 e. The summed E-state index contributed by atoms with van der Waals surface area (Å²) < 4.78 is 6.24. The van der Waals surface area contributed by atoms with Gasteiger partial charge in [-0.05, 0) is 34.7 Å². The molecule has 0 amide bonds. The van der Waals surface area contributed by atoms with E-state index in [4.69, 9.17) is 9.84 Å². The number of hydrogen-bond acceptors (Lipinski definition) is 5. The van der Waals surface area contributed by atoms with E-state index in [2.05, 4.69) is 4.98 Å². The summed E-state index contributed by atoms with van der Waals surface area (Å²) >= 11 is 2.05. The maximum atomic E-state index is 11.0. The molecule has 0 aliphatic carbocycles. The second-order valence-electron chi connectivity index (χ2n) is 3.63. The number of aromatic nitrogens is 1. The SMILES string of the molecule is O=C(O)c1cc(Oc2ccccc2I)ncc1[N+](=O)[O-]. The Balaban J connectivity index is 2.40. The van der Waals surface area contributed by atoms with Crippen LogP contribution in [-0.4, -0.2) is 21.0 Å². The summed E-state index contributed by atoms with van der Waals surface area (Å²) in [4.78, 5) is 24.7. The zero-order valence-corrected chi connectivity index (χ0v) is 12.0. The molecule has 102 valence electrons. The number of rotatable bonds is 4. The van der Waals surface area contributed by atoms with Gasteiger partial charge in [0, 0.05) is 6.07 Å². The molecule has 20 heavy (non-hydrogen) atoms. The van der Waals surface area contributed by atoms with E-state index in [1.54, 1.807) is 18.2 Å². The molecule has 0 bridgehead atoms. The van der Waals surface area contributed by atoms with Crippen molar-refractivity contribution in [3.63, 3.8) is 0 Å². The van der Waals surface area contributed by atoms with Crippen molar-refractivity contribution in [2.75, 3.05) is 0 Å². The van der Waals surface area contributed by atoms with Gasteiger partial charge in [-0.15, -0.1) is 0 Å². The Hall–Kier alpha value is -2.23. The van der Waals surface area contributed by atoms with Gasteiger partial charge in [-0.25, -0.2) is 9.78 Å². The molecule has 0 unspecified atom stereocenters. The molecule has 0 aliphatic rings. The van der Waals surface area contributed by atoms with Gasteiger partial charge in [0.25, 0.3) is 0 Å². The predicted octanol–water partition coefficient (Wildman–Crippen LogP) is 3.08. The minimum absolute atomic E-state index is 0.0166. The minimum atomic E-state index is -1.41. The van der Waals surface area contributed by atoms with Crippen molar-refractivity contribution in [2.24, 2.45) is 0 Å². The van der Waals surface area contributed by atoms with Crippen LogP contribution >= 0.6 is 22.6 Å². The van der Waals surface area contributed by atoms with Crippen LogP contribution in [0.15, 0.2) is 36.5 Å². The van der Waals surface area contributed by atoms with E-state index in [-0.39, 0.29) is 5.88 Å². The van der Waals surface area contributed by atoms with E-state index >= 15 is 0 Å². The van der Waals surface area contributed by atoms with Crippen molar-refractivity contribution in [1.82, 2.24) is 4.98 Å². The number of ether oxygens (including phenoxy) is 1. The lowest BCUT2D eigenvalue weighted by atomic mass is 10.2. The van der Waals surface area contributed by atoms with Crippen LogP contribution in [0.4, 0.5) is 5.69 Å². The molecule has 7 nitrogen and oxygen atoms in total. The number of nitro groups is 1. The lowest BCUT2D eigenvalue weighted by Gasteiger charge is -2.07. The molecule has 0 radical (unpaired) electrons. The first kappa shape index (κ1) is 14.2.